The van der Waals surface area contributed by atoms with Gasteiger partial charge >= 0.3 is 0 Å². The van der Waals surface area contributed by atoms with Gasteiger partial charge in [0.05, 0.1) is 19.8 Å². The average Bonchev–Trinajstić information content (AvgIpc) is 2.34. The molecule has 0 saturated heterocycles. The summed E-state index contributed by atoms with van der Waals surface area (Å²) in [5.41, 5.74) is 2.36. The van der Waals surface area contributed by atoms with E-state index in [-0.39, 0.29) is 6.61 Å². The zero-order valence-electron chi connectivity index (χ0n) is 10.9. The van der Waals surface area contributed by atoms with Gasteiger partial charge in [0.2, 0.25) is 0 Å². The summed E-state index contributed by atoms with van der Waals surface area (Å²) in [6.07, 6.45) is 0. The van der Waals surface area contributed by atoms with Crippen molar-refractivity contribution >= 4 is 11.4 Å². The summed E-state index contributed by atoms with van der Waals surface area (Å²) in [7, 11) is 6.09. The van der Waals surface area contributed by atoms with Crippen molar-refractivity contribution in [2.24, 2.45) is 0 Å². The van der Waals surface area contributed by atoms with E-state index >= 15 is 0 Å². The van der Waals surface area contributed by atoms with Crippen molar-refractivity contribution in [2.45, 2.75) is 0 Å². The van der Waals surface area contributed by atoms with Crippen molar-refractivity contribution in [3.63, 3.8) is 0 Å². The first-order valence-corrected chi connectivity index (χ1v) is 5.82. The van der Waals surface area contributed by atoms with Crippen LogP contribution in [-0.2, 0) is 4.74 Å². The molecule has 0 bridgehead atoms. The predicted octanol–water partition coefficient (Wildman–Crippen LogP) is 1.20. The molecule has 4 nitrogen and oxygen atoms in total. The molecule has 96 valence electrons. The van der Waals surface area contributed by atoms with Crippen LogP contribution in [-0.4, -0.2) is 52.6 Å². The van der Waals surface area contributed by atoms with Gasteiger partial charge in [0.25, 0.3) is 0 Å². The summed E-state index contributed by atoms with van der Waals surface area (Å²) in [4.78, 5) is 4.21. The second-order valence-electron chi connectivity index (χ2n) is 4.17. The maximum absolute atomic E-state index is 8.59. The maximum atomic E-state index is 8.59. The maximum Gasteiger partial charge on any atom is 0.0698 e. The Labute approximate surface area is 103 Å². The number of likely N-dealkylation sites (N-methyl/N-ethyl adjacent to an activating group) is 1. The molecule has 0 spiro atoms. The lowest BCUT2D eigenvalue weighted by Crippen LogP contribution is -2.23. The fourth-order valence-corrected chi connectivity index (χ4v) is 1.50. The minimum atomic E-state index is 0.0846. The molecule has 0 aromatic heterocycles. The molecule has 0 aliphatic carbocycles. The molecule has 1 N–H and O–H groups in total. The third-order valence-electron chi connectivity index (χ3n) is 2.61. The Kier molecular flexibility index (Phi) is 5.80. The van der Waals surface area contributed by atoms with Gasteiger partial charge < -0.3 is 19.6 Å². The third-order valence-corrected chi connectivity index (χ3v) is 2.61. The summed E-state index contributed by atoms with van der Waals surface area (Å²) in [6.45, 7) is 1.95. The normalized spacial score (nSPS) is 10.4. The Hall–Kier alpha value is -1.26. The summed E-state index contributed by atoms with van der Waals surface area (Å²) < 4.78 is 5.24. The number of nitrogens with zero attached hydrogens (tertiary/aromatic N) is 2. The van der Waals surface area contributed by atoms with E-state index in [9.17, 15) is 0 Å². The molecule has 4 heteroatoms. The van der Waals surface area contributed by atoms with Crippen molar-refractivity contribution in [3.8, 4) is 0 Å². The fourth-order valence-electron chi connectivity index (χ4n) is 1.50. The largest absolute Gasteiger partial charge is 0.394 e. The van der Waals surface area contributed by atoms with Crippen LogP contribution in [0.5, 0.6) is 0 Å². The van der Waals surface area contributed by atoms with Gasteiger partial charge in [-0.2, -0.15) is 0 Å². The van der Waals surface area contributed by atoms with Crippen LogP contribution in [0.3, 0.4) is 0 Å². The van der Waals surface area contributed by atoms with Crippen LogP contribution in [0.1, 0.15) is 0 Å². The molecule has 0 heterocycles. The molecule has 0 aliphatic rings. The highest BCUT2D eigenvalue weighted by Gasteiger charge is 2.01. The molecule has 0 radical (unpaired) electrons. The van der Waals surface area contributed by atoms with Gasteiger partial charge in [0.1, 0.15) is 0 Å². The summed E-state index contributed by atoms with van der Waals surface area (Å²) >= 11 is 0. The molecular formula is C13H22N2O2. The molecule has 0 saturated carbocycles. The first-order chi connectivity index (χ1) is 8.15. The summed E-state index contributed by atoms with van der Waals surface area (Å²) in [5.74, 6) is 0. The van der Waals surface area contributed by atoms with Gasteiger partial charge in [-0.25, -0.2) is 0 Å². The smallest absolute Gasteiger partial charge is 0.0698 e. The molecule has 1 rings (SSSR count). The fraction of sp³-hybridized carbons (Fsp3) is 0.538. The highest BCUT2D eigenvalue weighted by Crippen LogP contribution is 2.18. The van der Waals surface area contributed by atoms with Crippen LogP contribution in [0.15, 0.2) is 24.3 Å². The number of hydrogen-bond donors (Lipinski definition) is 1. The van der Waals surface area contributed by atoms with Gasteiger partial charge in [0.15, 0.2) is 0 Å². The van der Waals surface area contributed by atoms with Gasteiger partial charge in [-0.05, 0) is 24.3 Å². The second kappa shape index (κ2) is 7.14. The Balaban J connectivity index is 2.43. The Bertz CT molecular complexity index is 312. The van der Waals surface area contributed by atoms with E-state index in [1.165, 1.54) is 11.4 Å². The van der Waals surface area contributed by atoms with E-state index in [1.807, 2.05) is 21.1 Å². The quantitative estimate of drug-likeness (QED) is 0.724. The van der Waals surface area contributed by atoms with Gasteiger partial charge in [-0.1, -0.05) is 0 Å². The van der Waals surface area contributed by atoms with Crippen LogP contribution in [0.2, 0.25) is 0 Å². The van der Waals surface area contributed by atoms with Crippen molar-refractivity contribution in [3.05, 3.63) is 24.3 Å². The number of aliphatic hydroxyl groups excluding tert-OH is 1. The zero-order valence-corrected chi connectivity index (χ0v) is 10.9. The van der Waals surface area contributed by atoms with E-state index < -0.39 is 0 Å². The Morgan fingerprint density at radius 3 is 2.12 bits per heavy atom. The van der Waals surface area contributed by atoms with E-state index in [4.69, 9.17) is 9.84 Å². The van der Waals surface area contributed by atoms with Crippen molar-refractivity contribution in [2.75, 3.05) is 57.3 Å². The molecular weight excluding hydrogens is 216 g/mol. The number of ether oxygens (including phenoxy) is 1. The number of rotatable bonds is 7. The van der Waals surface area contributed by atoms with E-state index in [0.29, 0.717) is 13.2 Å². The molecule has 0 unspecified atom stereocenters. The number of anilines is 2. The lowest BCUT2D eigenvalue weighted by Gasteiger charge is -2.20. The molecule has 17 heavy (non-hydrogen) atoms. The van der Waals surface area contributed by atoms with Crippen LogP contribution >= 0.6 is 0 Å². The Morgan fingerprint density at radius 1 is 1.00 bits per heavy atom. The molecule has 1 aromatic carbocycles. The molecule has 0 amide bonds. The third kappa shape index (κ3) is 4.63. The standard InChI is InChI=1S/C13H22N2O2/c1-14(2)12-4-6-13(7-5-12)15(3)8-10-17-11-9-16/h4-7,16H,8-11H2,1-3H3. The van der Waals surface area contributed by atoms with Gasteiger partial charge in [-0.3, -0.25) is 0 Å². The number of hydrogen-bond acceptors (Lipinski definition) is 4. The van der Waals surface area contributed by atoms with E-state index in [2.05, 4.69) is 34.1 Å². The van der Waals surface area contributed by atoms with Gasteiger partial charge in [-0.15, -0.1) is 0 Å². The van der Waals surface area contributed by atoms with E-state index in [1.54, 1.807) is 0 Å². The second-order valence-corrected chi connectivity index (χ2v) is 4.17. The summed E-state index contributed by atoms with van der Waals surface area (Å²) in [5, 5.41) is 8.59. The van der Waals surface area contributed by atoms with Crippen LogP contribution < -0.4 is 9.80 Å². The highest BCUT2D eigenvalue weighted by molar-refractivity contribution is 5.55. The van der Waals surface area contributed by atoms with Crippen molar-refractivity contribution < 1.29 is 9.84 Å². The van der Waals surface area contributed by atoms with Crippen LogP contribution in [0.25, 0.3) is 0 Å². The first-order valence-electron chi connectivity index (χ1n) is 5.82. The highest BCUT2D eigenvalue weighted by atomic mass is 16.5. The number of benzene rings is 1. The van der Waals surface area contributed by atoms with Crippen LogP contribution in [0, 0.1) is 0 Å². The predicted molar refractivity (Wildman–Crippen MR) is 71.9 cm³/mol. The van der Waals surface area contributed by atoms with Crippen molar-refractivity contribution in [1.29, 1.82) is 0 Å². The minimum absolute atomic E-state index is 0.0846. The first kappa shape index (κ1) is 13.8. The lowest BCUT2D eigenvalue weighted by molar-refractivity contribution is 0.0971. The van der Waals surface area contributed by atoms with Crippen molar-refractivity contribution in [1.82, 2.24) is 0 Å². The zero-order chi connectivity index (χ0) is 12.7. The monoisotopic (exact) mass is 238 g/mol. The minimum Gasteiger partial charge on any atom is -0.394 e. The number of aliphatic hydroxyl groups is 1. The SMILES string of the molecule is CN(C)c1ccc(N(C)CCOCCO)cc1. The topological polar surface area (TPSA) is 35.9 Å². The molecule has 1 aromatic rings. The van der Waals surface area contributed by atoms with E-state index in [0.717, 1.165) is 6.54 Å². The Morgan fingerprint density at radius 2 is 1.59 bits per heavy atom. The lowest BCUT2D eigenvalue weighted by atomic mass is 10.2. The molecule has 0 atom stereocenters. The molecule has 0 aliphatic heterocycles. The average molecular weight is 238 g/mol. The van der Waals surface area contributed by atoms with Crippen LogP contribution in [0.4, 0.5) is 11.4 Å². The summed E-state index contributed by atoms with van der Waals surface area (Å²) in [6, 6.07) is 8.39. The van der Waals surface area contributed by atoms with Gasteiger partial charge in [0, 0.05) is 39.1 Å². The molecule has 0 fully saturated rings.